The maximum absolute atomic E-state index is 12.2. The smallest absolute Gasteiger partial charge is 0.342 e. The molecule has 0 heterocycles. The Morgan fingerprint density at radius 2 is 1.55 bits per heavy atom. The van der Waals surface area contributed by atoms with Crippen molar-refractivity contribution in [3.05, 3.63) is 48.0 Å². The second kappa shape index (κ2) is 11.4. The highest BCUT2D eigenvalue weighted by molar-refractivity contribution is 5.94. The summed E-state index contributed by atoms with van der Waals surface area (Å²) in [6.45, 7) is 2.64. The van der Waals surface area contributed by atoms with E-state index in [9.17, 15) is 9.59 Å². The van der Waals surface area contributed by atoms with Crippen LogP contribution in [0.25, 0.3) is 0 Å². The Labute approximate surface area is 169 Å². The molecule has 156 valence electrons. The number of methoxy groups -OCH3 is 2. The third kappa shape index (κ3) is 6.91. The SMILES string of the molecule is CCOc1ccc(OCCNC(=O)COC(=O)c2cc(OC)ccc2OC)cc1. The average molecular weight is 403 g/mol. The Hall–Kier alpha value is -3.42. The van der Waals surface area contributed by atoms with Crippen LogP contribution < -0.4 is 24.3 Å². The molecule has 2 aromatic rings. The van der Waals surface area contributed by atoms with Crippen molar-refractivity contribution in [1.82, 2.24) is 5.32 Å². The first-order valence-electron chi connectivity index (χ1n) is 9.09. The van der Waals surface area contributed by atoms with Crippen LogP contribution in [0, 0.1) is 0 Å². The molecule has 0 aliphatic heterocycles. The van der Waals surface area contributed by atoms with Gasteiger partial charge in [0.05, 0.1) is 27.4 Å². The Morgan fingerprint density at radius 3 is 2.17 bits per heavy atom. The molecule has 2 rings (SSSR count). The van der Waals surface area contributed by atoms with Crippen LogP contribution in [0.2, 0.25) is 0 Å². The van der Waals surface area contributed by atoms with Crippen LogP contribution in [0.1, 0.15) is 17.3 Å². The maximum atomic E-state index is 12.2. The quantitative estimate of drug-likeness (QED) is 0.455. The maximum Gasteiger partial charge on any atom is 0.342 e. The molecular formula is C21H25NO7. The lowest BCUT2D eigenvalue weighted by molar-refractivity contribution is -0.124. The van der Waals surface area contributed by atoms with Crippen molar-refractivity contribution in [3.8, 4) is 23.0 Å². The predicted molar refractivity (Wildman–Crippen MR) is 106 cm³/mol. The van der Waals surface area contributed by atoms with Crippen molar-refractivity contribution in [3.63, 3.8) is 0 Å². The van der Waals surface area contributed by atoms with E-state index in [2.05, 4.69) is 5.32 Å². The molecular weight excluding hydrogens is 378 g/mol. The molecule has 1 N–H and O–H groups in total. The first kappa shape index (κ1) is 21.9. The molecule has 0 saturated heterocycles. The third-order valence-corrected chi connectivity index (χ3v) is 3.79. The molecule has 0 aliphatic carbocycles. The van der Waals surface area contributed by atoms with Gasteiger partial charge in [0.25, 0.3) is 5.91 Å². The summed E-state index contributed by atoms with van der Waals surface area (Å²) >= 11 is 0. The van der Waals surface area contributed by atoms with E-state index in [-0.39, 0.29) is 18.7 Å². The Kier molecular flexibility index (Phi) is 8.62. The third-order valence-electron chi connectivity index (χ3n) is 3.79. The monoisotopic (exact) mass is 403 g/mol. The number of esters is 1. The highest BCUT2D eigenvalue weighted by atomic mass is 16.5. The van der Waals surface area contributed by atoms with Crippen LogP contribution in [-0.4, -0.2) is 52.5 Å². The lowest BCUT2D eigenvalue weighted by Crippen LogP contribution is -2.32. The second-order valence-electron chi connectivity index (χ2n) is 5.75. The van der Waals surface area contributed by atoms with E-state index in [0.29, 0.717) is 23.9 Å². The highest BCUT2D eigenvalue weighted by Crippen LogP contribution is 2.24. The van der Waals surface area contributed by atoms with Crippen molar-refractivity contribution >= 4 is 11.9 Å². The Bertz CT molecular complexity index is 805. The van der Waals surface area contributed by atoms with Crippen molar-refractivity contribution in [2.24, 2.45) is 0 Å². The number of carbonyl (C=O) groups excluding carboxylic acids is 2. The van der Waals surface area contributed by atoms with Crippen molar-refractivity contribution < 1.29 is 33.3 Å². The van der Waals surface area contributed by atoms with E-state index >= 15 is 0 Å². The molecule has 0 saturated carbocycles. The fourth-order valence-electron chi connectivity index (χ4n) is 2.39. The number of nitrogens with one attached hydrogen (secondary N) is 1. The number of hydrogen-bond acceptors (Lipinski definition) is 7. The number of carbonyl (C=O) groups is 2. The molecule has 0 bridgehead atoms. The van der Waals surface area contributed by atoms with Crippen LogP contribution in [-0.2, 0) is 9.53 Å². The van der Waals surface area contributed by atoms with E-state index in [4.69, 9.17) is 23.7 Å². The van der Waals surface area contributed by atoms with E-state index in [1.165, 1.54) is 20.3 Å². The molecule has 0 fully saturated rings. The fourth-order valence-corrected chi connectivity index (χ4v) is 2.39. The van der Waals surface area contributed by atoms with Gasteiger partial charge in [0.2, 0.25) is 0 Å². The van der Waals surface area contributed by atoms with Crippen molar-refractivity contribution in [2.45, 2.75) is 6.92 Å². The minimum absolute atomic E-state index is 0.179. The standard InChI is InChI=1S/C21H25NO7/c1-4-27-15-5-7-16(8-6-15)28-12-11-22-20(23)14-29-21(24)18-13-17(25-2)9-10-19(18)26-3/h5-10,13H,4,11-12,14H2,1-3H3,(H,22,23). The number of ether oxygens (including phenoxy) is 5. The van der Waals surface area contributed by atoms with E-state index < -0.39 is 18.5 Å². The van der Waals surface area contributed by atoms with Gasteiger partial charge in [-0.3, -0.25) is 4.79 Å². The van der Waals surface area contributed by atoms with Gasteiger partial charge in [-0.05, 0) is 49.4 Å². The molecule has 29 heavy (non-hydrogen) atoms. The van der Waals surface area contributed by atoms with Gasteiger partial charge in [-0.25, -0.2) is 4.79 Å². The average Bonchev–Trinajstić information content (AvgIpc) is 2.75. The molecule has 0 atom stereocenters. The highest BCUT2D eigenvalue weighted by Gasteiger charge is 2.16. The largest absolute Gasteiger partial charge is 0.497 e. The van der Waals surface area contributed by atoms with Crippen LogP contribution in [0.4, 0.5) is 0 Å². The second-order valence-corrected chi connectivity index (χ2v) is 5.75. The Morgan fingerprint density at radius 1 is 0.897 bits per heavy atom. The molecule has 0 spiro atoms. The van der Waals surface area contributed by atoms with Crippen LogP contribution in [0.3, 0.4) is 0 Å². The molecule has 0 unspecified atom stereocenters. The summed E-state index contributed by atoms with van der Waals surface area (Å²) in [4.78, 5) is 24.1. The van der Waals surface area contributed by atoms with Gasteiger partial charge in [-0.15, -0.1) is 0 Å². The summed E-state index contributed by atoms with van der Waals surface area (Å²) in [6, 6.07) is 11.9. The first-order valence-corrected chi connectivity index (χ1v) is 9.09. The normalized spacial score (nSPS) is 10.0. The van der Waals surface area contributed by atoms with E-state index in [1.54, 1.807) is 24.3 Å². The van der Waals surface area contributed by atoms with Crippen molar-refractivity contribution in [2.75, 3.05) is 40.6 Å². The summed E-state index contributed by atoms with van der Waals surface area (Å²) in [7, 11) is 2.93. The van der Waals surface area contributed by atoms with Gasteiger partial charge in [-0.2, -0.15) is 0 Å². The number of rotatable bonds is 11. The van der Waals surface area contributed by atoms with E-state index in [1.807, 2.05) is 19.1 Å². The first-order chi connectivity index (χ1) is 14.1. The van der Waals surface area contributed by atoms with Gasteiger partial charge in [0.1, 0.15) is 35.2 Å². The number of amides is 1. The summed E-state index contributed by atoms with van der Waals surface area (Å²) in [5.74, 6) is 1.13. The number of hydrogen-bond donors (Lipinski definition) is 1. The Balaban J connectivity index is 1.72. The summed E-state index contributed by atoms with van der Waals surface area (Å²) in [6.07, 6.45) is 0. The van der Waals surface area contributed by atoms with Gasteiger partial charge in [0.15, 0.2) is 6.61 Å². The van der Waals surface area contributed by atoms with Gasteiger partial charge in [-0.1, -0.05) is 0 Å². The molecule has 8 nitrogen and oxygen atoms in total. The lowest BCUT2D eigenvalue weighted by atomic mass is 10.2. The van der Waals surface area contributed by atoms with Gasteiger partial charge in [0, 0.05) is 0 Å². The summed E-state index contributed by atoms with van der Waals surface area (Å²) in [5.41, 5.74) is 0.179. The summed E-state index contributed by atoms with van der Waals surface area (Å²) < 4.78 is 26.1. The fraction of sp³-hybridized carbons (Fsp3) is 0.333. The zero-order valence-electron chi connectivity index (χ0n) is 16.7. The van der Waals surface area contributed by atoms with E-state index in [0.717, 1.165) is 5.75 Å². The zero-order chi connectivity index (χ0) is 21.1. The molecule has 2 aromatic carbocycles. The van der Waals surface area contributed by atoms with Gasteiger partial charge < -0.3 is 29.0 Å². The molecule has 0 aromatic heterocycles. The zero-order valence-corrected chi connectivity index (χ0v) is 16.7. The molecule has 1 amide bonds. The lowest BCUT2D eigenvalue weighted by Gasteiger charge is -2.11. The van der Waals surface area contributed by atoms with Gasteiger partial charge >= 0.3 is 5.97 Å². The number of benzene rings is 2. The minimum Gasteiger partial charge on any atom is -0.497 e. The van der Waals surface area contributed by atoms with Crippen LogP contribution >= 0.6 is 0 Å². The van der Waals surface area contributed by atoms with Crippen LogP contribution in [0.15, 0.2) is 42.5 Å². The predicted octanol–water partition coefficient (Wildman–Crippen LogP) is 2.45. The molecule has 0 aliphatic rings. The van der Waals surface area contributed by atoms with Crippen LogP contribution in [0.5, 0.6) is 23.0 Å². The molecule has 8 heteroatoms. The topological polar surface area (TPSA) is 92.3 Å². The molecule has 0 radical (unpaired) electrons. The minimum atomic E-state index is -0.679. The van der Waals surface area contributed by atoms with Crippen molar-refractivity contribution in [1.29, 1.82) is 0 Å². The summed E-state index contributed by atoms with van der Waals surface area (Å²) in [5, 5.41) is 2.62.